The van der Waals surface area contributed by atoms with Crippen molar-refractivity contribution in [2.24, 2.45) is 0 Å². The standard InChI is InChI=1S/C13H12Br2N2O2S/c1-7-3-9(14)12(10(15)4-7)17-13-16-8(6-20-13)5-11(18)19-2/h3-4,6H,5H2,1-2H3,(H,16,17). The molecule has 1 aromatic heterocycles. The molecule has 0 aliphatic rings. The first kappa shape index (κ1) is 15.5. The van der Waals surface area contributed by atoms with E-state index in [2.05, 4.69) is 46.9 Å². The smallest absolute Gasteiger partial charge is 0.311 e. The summed E-state index contributed by atoms with van der Waals surface area (Å²) in [5, 5.41) is 5.81. The molecule has 1 N–H and O–H groups in total. The van der Waals surface area contributed by atoms with Crippen molar-refractivity contribution in [1.82, 2.24) is 4.98 Å². The largest absolute Gasteiger partial charge is 0.469 e. The summed E-state index contributed by atoms with van der Waals surface area (Å²) >= 11 is 8.49. The molecule has 0 aliphatic heterocycles. The molecule has 7 heteroatoms. The lowest BCUT2D eigenvalue weighted by atomic mass is 10.2. The van der Waals surface area contributed by atoms with Crippen molar-refractivity contribution in [2.75, 3.05) is 12.4 Å². The van der Waals surface area contributed by atoms with Crippen LogP contribution < -0.4 is 5.32 Å². The van der Waals surface area contributed by atoms with Gasteiger partial charge in [0.1, 0.15) is 0 Å². The first-order chi connectivity index (χ1) is 9.49. The Kier molecular flexibility index (Phi) is 5.17. The third kappa shape index (κ3) is 3.80. The Labute approximate surface area is 137 Å². The molecule has 0 fully saturated rings. The number of carbonyl (C=O) groups is 1. The van der Waals surface area contributed by atoms with Crippen LogP contribution in [-0.4, -0.2) is 18.1 Å². The summed E-state index contributed by atoms with van der Waals surface area (Å²) in [6.07, 6.45) is 0.185. The van der Waals surface area contributed by atoms with Crippen molar-refractivity contribution in [1.29, 1.82) is 0 Å². The normalized spacial score (nSPS) is 10.4. The molecule has 0 spiro atoms. The van der Waals surface area contributed by atoms with Crippen LogP contribution in [0.5, 0.6) is 0 Å². The lowest BCUT2D eigenvalue weighted by Crippen LogP contribution is -2.04. The maximum atomic E-state index is 11.2. The predicted molar refractivity (Wildman–Crippen MR) is 87.7 cm³/mol. The number of hydrogen-bond acceptors (Lipinski definition) is 5. The van der Waals surface area contributed by atoms with Crippen molar-refractivity contribution in [2.45, 2.75) is 13.3 Å². The van der Waals surface area contributed by atoms with Gasteiger partial charge in [-0.15, -0.1) is 11.3 Å². The molecule has 0 atom stereocenters. The summed E-state index contributed by atoms with van der Waals surface area (Å²) in [6, 6.07) is 4.05. The Morgan fingerprint density at radius 2 is 2.05 bits per heavy atom. The lowest BCUT2D eigenvalue weighted by Gasteiger charge is -2.09. The second kappa shape index (κ2) is 6.69. The van der Waals surface area contributed by atoms with Crippen molar-refractivity contribution < 1.29 is 9.53 Å². The highest BCUT2D eigenvalue weighted by molar-refractivity contribution is 9.11. The number of benzene rings is 1. The fraction of sp³-hybridized carbons (Fsp3) is 0.231. The van der Waals surface area contributed by atoms with Crippen LogP contribution in [-0.2, 0) is 16.0 Å². The number of hydrogen-bond donors (Lipinski definition) is 1. The molecule has 1 aromatic carbocycles. The number of aromatic nitrogens is 1. The first-order valence-corrected chi connectivity index (χ1v) is 8.20. The van der Waals surface area contributed by atoms with Crippen LogP contribution >= 0.6 is 43.2 Å². The Bertz CT molecular complexity index is 620. The number of nitrogens with zero attached hydrogens (tertiary/aromatic N) is 1. The zero-order chi connectivity index (χ0) is 14.7. The van der Waals surface area contributed by atoms with E-state index in [-0.39, 0.29) is 12.4 Å². The van der Waals surface area contributed by atoms with Crippen LogP contribution in [0.3, 0.4) is 0 Å². The zero-order valence-electron chi connectivity index (χ0n) is 10.9. The number of rotatable bonds is 4. The average Bonchev–Trinajstić information content (AvgIpc) is 2.81. The predicted octanol–water partition coefficient (Wildman–Crippen LogP) is 4.44. The maximum absolute atomic E-state index is 11.2. The highest BCUT2D eigenvalue weighted by Crippen LogP contribution is 2.35. The zero-order valence-corrected chi connectivity index (χ0v) is 14.9. The van der Waals surface area contributed by atoms with Gasteiger partial charge in [-0.3, -0.25) is 4.79 Å². The molecule has 2 rings (SSSR count). The van der Waals surface area contributed by atoms with E-state index in [4.69, 9.17) is 0 Å². The third-order valence-corrected chi connectivity index (χ3v) is 4.58. The Morgan fingerprint density at radius 1 is 1.40 bits per heavy atom. The van der Waals surface area contributed by atoms with Crippen molar-refractivity contribution in [3.63, 3.8) is 0 Å². The van der Waals surface area contributed by atoms with Crippen LogP contribution in [0.4, 0.5) is 10.8 Å². The molecule has 2 aromatic rings. The van der Waals surface area contributed by atoms with E-state index in [1.54, 1.807) is 0 Å². The van der Waals surface area contributed by atoms with E-state index in [9.17, 15) is 4.79 Å². The minimum atomic E-state index is -0.292. The highest BCUT2D eigenvalue weighted by Gasteiger charge is 2.11. The highest BCUT2D eigenvalue weighted by atomic mass is 79.9. The van der Waals surface area contributed by atoms with E-state index in [1.807, 2.05) is 24.4 Å². The number of halogens is 2. The second-order valence-corrected chi connectivity index (χ2v) is 6.69. The summed E-state index contributed by atoms with van der Waals surface area (Å²) in [5.41, 5.74) is 2.76. The van der Waals surface area contributed by atoms with Gasteiger partial charge in [-0.05, 0) is 56.5 Å². The van der Waals surface area contributed by atoms with E-state index in [1.165, 1.54) is 18.4 Å². The van der Waals surface area contributed by atoms with Gasteiger partial charge < -0.3 is 10.1 Å². The van der Waals surface area contributed by atoms with Gasteiger partial charge in [-0.2, -0.15) is 0 Å². The number of carbonyl (C=O) groups excluding carboxylic acids is 1. The third-order valence-electron chi connectivity index (χ3n) is 2.52. The number of methoxy groups -OCH3 is 1. The monoisotopic (exact) mass is 418 g/mol. The first-order valence-electron chi connectivity index (χ1n) is 5.73. The number of anilines is 2. The Balaban J connectivity index is 2.17. The molecule has 0 bridgehead atoms. The number of ether oxygens (including phenoxy) is 1. The van der Waals surface area contributed by atoms with Crippen LogP contribution in [0.1, 0.15) is 11.3 Å². The van der Waals surface area contributed by atoms with E-state index >= 15 is 0 Å². The van der Waals surface area contributed by atoms with E-state index in [0.717, 1.165) is 25.3 Å². The van der Waals surface area contributed by atoms with Crippen LogP contribution in [0.2, 0.25) is 0 Å². The summed E-state index contributed by atoms with van der Waals surface area (Å²) in [6.45, 7) is 2.02. The number of aryl methyl sites for hydroxylation is 1. The van der Waals surface area contributed by atoms with Crippen molar-refractivity contribution in [3.8, 4) is 0 Å². The molecule has 106 valence electrons. The Hall–Kier alpha value is -0.920. The number of thiazole rings is 1. The molecule has 4 nitrogen and oxygen atoms in total. The molecule has 0 unspecified atom stereocenters. The molecular formula is C13H12Br2N2O2S. The molecule has 20 heavy (non-hydrogen) atoms. The summed E-state index contributed by atoms with van der Waals surface area (Å²) in [5.74, 6) is -0.292. The van der Waals surface area contributed by atoms with Gasteiger partial charge in [0.25, 0.3) is 0 Å². The SMILES string of the molecule is COC(=O)Cc1csc(Nc2c(Br)cc(C)cc2Br)n1. The Morgan fingerprint density at radius 3 is 2.65 bits per heavy atom. The molecule has 1 heterocycles. The van der Waals surface area contributed by atoms with Gasteiger partial charge >= 0.3 is 5.97 Å². The van der Waals surface area contributed by atoms with Crippen molar-refractivity contribution >= 4 is 60.0 Å². The van der Waals surface area contributed by atoms with Gasteiger partial charge in [0.15, 0.2) is 5.13 Å². The van der Waals surface area contributed by atoms with Gasteiger partial charge in [-0.1, -0.05) is 0 Å². The summed E-state index contributed by atoms with van der Waals surface area (Å²) < 4.78 is 6.53. The molecule has 0 saturated heterocycles. The molecule has 0 radical (unpaired) electrons. The molecule has 0 amide bonds. The number of nitrogens with one attached hydrogen (secondary N) is 1. The van der Waals surface area contributed by atoms with Crippen molar-refractivity contribution in [3.05, 3.63) is 37.7 Å². The van der Waals surface area contributed by atoms with E-state index in [0.29, 0.717) is 5.69 Å². The molecular weight excluding hydrogens is 408 g/mol. The van der Waals surface area contributed by atoms with Gasteiger partial charge in [0.2, 0.25) is 0 Å². The van der Waals surface area contributed by atoms with Crippen LogP contribution in [0, 0.1) is 6.92 Å². The second-order valence-electron chi connectivity index (χ2n) is 4.13. The van der Waals surface area contributed by atoms with Gasteiger partial charge in [-0.25, -0.2) is 4.98 Å². The van der Waals surface area contributed by atoms with Gasteiger partial charge in [0.05, 0.1) is 24.9 Å². The van der Waals surface area contributed by atoms with Gasteiger partial charge in [0, 0.05) is 14.3 Å². The average molecular weight is 420 g/mol. The minimum Gasteiger partial charge on any atom is -0.469 e. The van der Waals surface area contributed by atoms with E-state index < -0.39 is 0 Å². The van der Waals surface area contributed by atoms with Crippen LogP contribution in [0.25, 0.3) is 0 Å². The minimum absolute atomic E-state index is 0.185. The topological polar surface area (TPSA) is 51.2 Å². The lowest BCUT2D eigenvalue weighted by molar-refractivity contribution is -0.139. The van der Waals surface area contributed by atoms with Crippen LogP contribution in [0.15, 0.2) is 26.5 Å². The summed E-state index contributed by atoms with van der Waals surface area (Å²) in [7, 11) is 1.37. The number of esters is 1. The molecule has 0 aliphatic carbocycles. The molecule has 0 saturated carbocycles. The fourth-order valence-electron chi connectivity index (χ4n) is 1.59. The summed E-state index contributed by atoms with van der Waals surface area (Å²) in [4.78, 5) is 15.6. The maximum Gasteiger partial charge on any atom is 0.311 e. The quantitative estimate of drug-likeness (QED) is 0.744. The fourth-order valence-corrected chi connectivity index (χ4v) is 3.92.